The summed E-state index contributed by atoms with van der Waals surface area (Å²) in [6, 6.07) is -9.52. The second-order valence-electron chi connectivity index (χ2n) is 34.6. The predicted octanol–water partition coefficient (Wildman–Crippen LogP) is -23.7. The second kappa shape index (κ2) is 49.0. The molecule has 0 aromatic heterocycles. The number of nitrogens with one attached hydrogen (secondary N) is 5. The van der Waals surface area contributed by atoms with E-state index in [9.17, 15) is 192 Å². The number of hydrogen-bond donors (Lipinski definition) is 36. The summed E-state index contributed by atoms with van der Waals surface area (Å²) in [5, 5.41) is 358. The van der Waals surface area contributed by atoms with Crippen molar-refractivity contribution >= 4 is 41.5 Å². The summed E-state index contributed by atoms with van der Waals surface area (Å²) in [7, 11) is 0. The van der Waals surface area contributed by atoms with Crippen LogP contribution in [0.15, 0.2) is 0 Å². The van der Waals surface area contributed by atoms with Crippen LogP contribution < -0.4 is 26.6 Å². The van der Waals surface area contributed by atoms with Crippen molar-refractivity contribution in [2.45, 2.75) is 365 Å². The van der Waals surface area contributed by atoms with E-state index in [4.69, 9.17) is 90.0 Å². The van der Waals surface area contributed by atoms with Crippen molar-refractivity contribution in [3.63, 3.8) is 0 Å². The molecule has 62 heteroatoms. The monoisotopic (exact) mass is 2020 g/mol. The molecule has 0 aromatic rings. The van der Waals surface area contributed by atoms with Crippen LogP contribution in [0, 0.1) is 0 Å². The third-order valence-electron chi connectivity index (χ3n) is 24.8. The summed E-state index contributed by atoms with van der Waals surface area (Å²) in [6.07, 6.45) is -104. The normalized spacial score (nSPS) is 46.2. The Morgan fingerprint density at radius 2 is 0.616 bits per heavy atom. The molecule has 10 heterocycles. The lowest BCUT2D eigenvalue weighted by Gasteiger charge is -2.51. The van der Waals surface area contributed by atoms with E-state index < -0.39 is 438 Å². The first-order valence-electron chi connectivity index (χ1n) is 43.4. The minimum Gasteiger partial charge on any atom is -0.477 e. The number of amides is 5. The number of ether oxygens (including phenoxy) is 19. The van der Waals surface area contributed by atoms with Crippen LogP contribution in [0.4, 0.5) is 0 Å². The topological polar surface area (TPSA) is 982 Å². The lowest BCUT2D eigenvalue weighted by atomic mass is 9.88. The summed E-state index contributed by atoms with van der Waals surface area (Å²) in [5.41, 5.74) is 0. The van der Waals surface area contributed by atoms with Crippen LogP contribution in [0.3, 0.4) is 0 Å². The molecule has 138 heavy (non-hydrogen) atoms. The van der Waals surface area contributed by atoms with Gasteiger partial charge in [-0.25, -0.2) is 9.59 Å². The van der Waals surface area contributed by atoms with E-state index in [1.807, 2.05) is 0 Å². The van der Waals surface area contributed by atoms with Crippen LogP contribution in [-0.2, 0) is 124 Å². The van der Waals surface area contributed by atoms with Gasteiger partial charge in [0.1, 0.15) is 232 Å². The summed E-state index contributed by atoms with van der Waals surface area (Å²) >= 11 is 0. The average molecular weight is 2020 g/mol. The minimum atomic E-state index is -3.32. The molecule has 0 unspecified atom stereocenters. The zero-order valence-electron chi connectivity index (χ0n) is 73.8. The average Bonchev–Trinajstić information content (AvgIpc) is 0.745. The Labute approximate surface area is 779 Å². The van der Waals surface area contributed by atoms with Gasteiger partial charge in [0.05, 0.1) is 90.4 Å². The number of carboxylic acid groups (broad SMARTS) is 2. The summed E-state index contributed by atoms with van der Waals surface area (Å²) in [4.78, 5) is 89.5. The number of aliphatic carboxylic acids is 2. The molecule has 0 aliphatic carbocycles. The van der Waals surface area contributed by atoms with E-state index in [1.165, 1.54) is 0 Å². The van der Waals surface area contributed by atoms with Gasteiger partial charge in [0.15, 0.2) is 50.3 Å². The van der Waals surface area contributed by atoms with Gasteiger partial charge >= 0.3 is 11.9 Å². The predicted molar refractivity (Wildman–Crippen MR) is 422 cm³/mol. The maximum atomic E-state index is 13.3. The summed E-state index contributed by atoms with van der Waals surface area (Å²) in [5.74, 6) is -15.4. The smallest absolute Gasteiger partial charge is 0.364 e. The van der Waals surface area contributed by atoms with Crippen LogP contribution in [0.2, 0.25) is 0 Å². The van der Waals surface area contributed by atoms with Gasteiger partial charge in [-0.15, -0.1) is 0 Å². The first-order chi connectivity index (χ1) is 64.9. The third-order valence-corrected chi connectivity index (χ3v) is 24.8. The molecule has 10 aliphatic rings. The van der Waals surface area contributed by atoms with Gasteiger partial charge in [-0.1, -0.05) is 0 Å². The van der Waals surface area contributed by atoms with E-state index in [0.29, 0.717) is 0 Å². The third kappa shape index (κ3) is 25.2. The fourth-order valence-electron chi connectivity index (χ4n) is 17.6. The number of carbonyl (C=O) groups is 7. The van der Waals surface area contributed by atoms with Crippen molar-refractivity contribution in [3.05, 3.63) is 0 Å². The van der Waals surface area contributed by atoms with Crippen molar-refractivity contribution in [1.29, 1.82) is 0 Å². The van der Waals surface area contributed by atoms with E-state index in [1.54, 1.807) is 0 Å². The molecule has 10 fully saturated rings. The SMILES string of the molecule is CC(=O)N[C@@H]1[C@@H](O)[C@H](O[C@@H]2O[C@H](CO[C@H]3O[C@H](CO)[C@@H](O)[C@H](O)[C@@H]3O[C@@H]3O[C@H](CO)[C@@H](O[C@@H]4O[C@H](CO)[C@H](O)[C@H](O[C@]5(C(=O)O)C[C@H](O)[C@@H](NC(C)=O)[C@H]([C@H](O)[C@H](O)CO)O5)[C@H]4O)[C@H](O)[C@H]3NC(C)=O)[C@@H](O)[C@H](O[C@H]3O[C@H](CO)[C@@H](O)[C@H](O)[C@@H]3O[C@@H]3O[C@H](CO)[C@@H](O[C@@H]4O[C@H](CO[C@]5(C(=O)O)C[C@H](O)[C@@H](NC(C)=O)[C@H]([C@H](O)[C@H](O)CO)O5)[C@H](O)[C@H](O)[C@H]4O)[C@H](O)[C@H]3NC(C)=O)[C@@H]2O)[C@@H](CO)O[C@H]1O. The molecular formula is C76H125N5O57. The van der Waals surface area contributed by atoms with Crippen molar-refractivity contribution in [1.82, 2.24) is 26.6 Å². The maximum Gasteiger partial charge on any atom is 0.364 e. The molecule has 0 saturated carbocycles. The minimum absolute atomic E-state index is 0.855. The number of carboxylic acids is 2. The number of carbonyl (C=O) groups excluding carboxylic acids is 5. The first kappa shape index (κ1) is 114. The zero-order valence-corrected chi connectivity index (χ0v) is 73.8. The largest absolute Gasteiger partial charge is 0.477 e. The molecule has 10 aliphatic heterocycles. The molecule has 0 radical (unpaired) electrons. The van der Waals surface area contributed by atoms with Gasteiger partial charge in [0, 0.05) is 47.5 Å². The van der Waals surface area contributed by atoms with Crippen molar-refractivity contribution in [3.8, 4) is 0 Å². The Bertz CT molecular complexity index is 3930. The van der Waals surface area contributed by atoms with Gasteiger partial charge in [-0.2, -0.15) is 0 Å². The fourth-order valence-corrected chi connectivity index (χ4v) is 17.6. The Morgan fingerprint density at radius 1 is 0.304 bits per heavy atom. The molecule has 796 valence electrons. The van der Waals surface area contributed by atoms with E-state index in [-0.39, 0.29) is 0 Å². The van der Waals surface area contributed by atoms with Crippen LogP contribution in [0.1, 0.15) is 47.5 Å². The highest BCUT2D eigenvalue weighted by Crippen LogP contribution is 2.44. The number of aliphatic hydroxyl groups excluding tert-OH is 29. The standard InChI is InChI=1S/C76H125N5O57/c1-18(90)77-35-23(95)6-75(73(116)117,136-59(35)40(99)25(97)8-82)121-17-34-44(103)50(109)53(112)68(129-34)130-57-31(14-88)127-67(39(48(57)107)81-22(5)94)135-64-52(111)43(102)28(11-85)125-72(64)133-61-46(105)33(128-69(54(61)113)131-56-30(13-87)122-65(115)37(47(56)106)79-20(3)92)16-120-71-63(51(110)42(101)27(10-84)124-71)134-66-38(80-21(4)93)49(108)58(32(15-89)126-66)132-70-55(114)62(45(104)29(12-86)123-70)138-76(74(118)119)7-24(96)36(78-19(2)91)60(137-76)41(100)26(98)9-83/h23-72,82-89,95-115H,6-17H2,1-5H3,(H,77,90)(H,78,91)(H,79,92)(H,80,93)(H,81,94)(H,116,117)(H,118,119)/t23-,24-,25+,26+,27+,28+,29+,30+,31+,32+,33+,34+,35+,36+,37+,38+,39+,40+,41+,42+,43+,44-,45-,46+,47+,48+,49+,50-,51-,52-,53+,54-,55+,56+,57+,58+,59+,60+,61-,62-,63-,64-,65+,66-,67-,68-,69-,70-,71-,72+,75+,76-/m0/s1. The summed E-state index contributed by atoms with van der Waals surface area (Å²) in [6.45, 7) is -7.80. The molecule has 5 amide bonds. The molecular weight excluding hydrogens is 1890 g/mol. The molecule has 0 bridgehead atoms. The first-order valence-corrected chi connectivity index (χ1v) is 43.4. The van der Waals surface area contributed by atoms with Crippen LogP contribution >= 0.6 is 0 Å². The maximum absolute atomic E-state index is 13.3. The molecule has 36 N–H and O–H groups in total. The lowest BCUT2D eigenvalue weighted by molar-refractivity contribution is -0.398. The Kier molecular flexibility index (Phi) is 40.6. The fraction of sp³-hybridized carbons (Fsp3) is 0.908. The van der Waals surface area contributed by atoms with Gasteiger partial charge in [-0.3, -0.25) is 24.0 Å². The highest BCUT2D eigenvalue weighted by molar-refractivity contribution is 5.78. The van der Waals surface area contributed by atoms with Gasteiger partial charge in [0.25, 0.3) is 11.6 Å². The molecule has 10 rings (SSSR count). The quantitative estimate of drug-likeness (QED) is 0.0272. The second-order valence-corrected chi connectivity index (χ2v) is 34.6. The van der Waals surface area contributed by atoms with E-state index in [0.717, 1.165) is 34.6 Å². The van der Waals surface area contributed by atoms with E-state index >= 15 is 0 Å². The number of hydrogen-bond acceptors (Lipinski definition) is 55. The van der Waals surface area contributed by atoms with Crippen LogP contribution in [-0.4, -0.2) is 584 Å². The number of rotatable bonds is 39. The Morgan fingerprint density at radius 3 is 1.04 bits per heavy atom. The highest BCUT2D eigenvalue weighted by Gasteiger charge is 2.65. The highest BCUT2D eigenvalue weighted by atomic mass is 16.8. The Balaban J connectivity index is 0.920. The van der Waals surface area contributed by atoms with Gasteiger partial charge in [0.2, 0.25) is 29.5 Å². The van der Waals surface area contributed by atoms with Crippen LogP contribution in [0.25, 0.3) is 0 Å². The van der Waals surface area contributed by atoms with Crippen LogP contribution in [0.5, 0.6) is 0 Å². The molecule has 0 spiro atoms. The van der Waals surface area contributed by atoms with Crippen molar-refractivity contribution in [2.75, 3.05) is 66.1 Å². The molecule has 62 nitrogen and oxygen atoms in total. The van der Waals surface area contributed by atoms with Gasteiger partial charge < -0.3 is 275 Å². The molecule has 52 atom stereocenters. The zero-order chi connectivity index (χ0) is 102. The lowest BCUT2D eigenvalue weighted by Crippen LogP contribution is -2.71. The Hall–Kier alpha value is -5.63. The van der Waals surface area contributed by atoms with Crippen molar-refractivity contribution in [2.24, 2.45) is 0 Å². The molecule has 0 aromatic carbocycles. The summed E-state index contributed by atoms with van der Waals surface area (Å²) < 4.78 is 112. The van der Waals surface area contributed by atoms with Gasteiger partial charge in [-0.05, 0) is 0 Å². The van der Waals surface area contributed by atoms with Crippen molar-refractivity contribution < 1.29 is 282 Å². The number of aliphatic hydroxyl groups is 29. The molecule has 10 saturated heterocycles. The van der Waals surface area contributed by atoms with E-state index in [2.05, 4.69) is 26.6 Å².